The van der Waals surface area contributed by atoms with Gasteiger partial charge in [-0.05, 0) is 30.7 Å². The van der Waals surface area contributed by atoms with Gasteiger partial charge in [0.05, 0.1) is 16.3 Å². The number of nitrogens with one attached hydrogen (secondary N) is 1. The van der Waals surface area contributed by atoms with E-state index in [9.17, 15) is 13.6 Å². The first-order valence-corrected chi connectivity index (χ1v) is 5.74. The van der Waals surface area contributed by atoms with E-state index in [-0.39, 0.29) is 0 Å². The fourth-order valence-electron chi connectivity index (χ4n) is 1.52. The van der Waals surface area contributed by atoms with Gasteiger partial charge in [0, 0.05) is 6.20 Å². The quantitative estimate of drug-likeness (QED) is 0.856. The molecule has 0 atom stereocenters. The highest BCUT2D eigenvalue weighted by atomic mass is 35.5. The highest BCUT2D eigenvalue weighted by molar-refractivity contribution is 6.33. The van der Waals surface area contributed by atoms with Crippen LogP contribution in [-0.2, 0) is 0 Å². The Morgan fingerprint density at radius 2 is 2.05 bits per heavy atom. The summed E-state index contributed by atoms with van der Waals surface area (Å²) in [5.41, 5.74) is 0.787. The molecule has 1 N–H and O–H groups in total. The van der Waals surface area contributed by atoms with E-state index in [1.807, 2.05) is 6.92 Å². The van der Waals surface area contributed by atoms with Gasteiger partial charge in [-0.25, -0.2) is 9.37 Å². The third-order valence-electron chi connectivity index (χ3n) is 2.46. The standard InChI is InChI=1S/C13H9ClF2N2O/c1-7-2-3-9(14)10(6-7)18-13(19)8-4-5-17-12(16)11(8)15/h2-6H,1H3,(H,18,19). The predicted octanol–water partition coefficient (Wildman–Crippen LogP) is 3.57. The molecule has 2 rings (SSSR count). The van der Waals surface area contributed by atoms with Gasteiger partial charge >= 0.3 is 0 Å². The van der Waals surface area contributed by atoms with Gasteiger partial charge in [0.1, 0.15) is 0 Å². The Balaban J connectivity index is 2.31. The third-order valence-corrected chi connectivity index (χ3v) is 2.79. The van der Waals surface area contributed by atoms with E-state index in [0.717, 1.165) is 17.8 Å². The van der Waals surface area contributed by atoms with Crippen LogP contribution in [-0.4, -0.2) is 10.9 Å². The Bertz CT molecular complexity index is 647. The Kier molecular flexibility index (Phi) is 3.76. The molecule has 0 saturated carbocycles. The van der Waals surface area contributed by atoms with Crippen LogP contribution < -0.4 is 5.32 Å². The molecule has 1 aromatic carbocycles. The summed E-state index contributed by atoms with van der Waals surface area (Å²) >= 11 is 5.90. The van der Waals surface area contributed by atoms with Crippen molar-refractivity contribution in [3.05, 3.63) is 58.4 Å². The molecular weight excluding hydrogens is 274 g/mol. The number of carbonyl (C=O) groups excluding carboxylic acids is 1. The minimum absolute atomic E-state index is 0.314. The van der Waals surface area contributed by atoms with Gasteiger partial charge in [0.25, 0.3) is 5.91 Å². The summed E-state index contributed by atoms with van der Waals surface area (Å²) in [5.74, 6) is -3.39. The average Bonchev–Trinajstić information content (AvgIpc) is 2.37. The van der Waals surface area contributed by atoms with Crippen LogP contribution in [0.5, 0.6) is 0 Å². The van der Waals surface area contributed by atoms with Crippen molar-refractivity contribution in [3.63, 3.8) is 0 Å². The molecule has 2 aromatic rings. The van der Waals surface area contributed by atoms with Crippen molar-refractivity contribution < 1.29 is 13.6 Å². The molecule has 98 valence electrons. The number of amides is 1. The van der Waals surface area contributed by atoms with Crippen LogP contribution in [0.15, 0.2) is 30.5 Å². The van der Waals surface area contributed by atoms with E-state index in [2.05, 4.69) is 10.3 Å². The van der Waals surface area contributed by atoms with Crippen LogP contribution in [0.25, 0.3) is 0 Å². The van der Waals surface area contributed by atoms with Crippen LogP contribution in [0.4, 0.5) is 14.5 Å². The largest absolute Gasteiger partial charge is 0.321 e. The molecule has 0 radical (unpaired) electrons. The molecule has 0 unspecified atom stereocenters. The molecule has 3 nitrogen and oxygen atoms in total. The number of aryl methyl sites for hydroxylation is 1. The minimum atomic E-state index is -1.32. The molecule has 0 aliphatic carbocycles. The van der Waals surface area contributed by atoms with Crippen LogP contribution >= 0.6 is 11.6 Å². The first kappa shape index (κ1) is 13.4. The van der Waals surface area contributed by atoms with Gasteiger partial charge in [-0.1, -0.05) is 17.7 Å². The molecule has 1 aromatic heterocycles. The number of pyridine rings is 1. The molecule has 1 amide bonds. The molecule has 0 aliphatic rings. The summed E-state index contributed by atoms with van der Waals surface area (Å²) in [6.45, 7) is 1.82. The fraction of sp³-hybridized carbons (Fsp3) is 0.0769. The Labute approximate surface area is 113 Å². The lowest BCUT2D eigenvalue weighted by Gasteiger charge is -2.08. The van der Waals surface area contributed by atoms with Gasteiger partial charge in [-0.3, -0.25) is 4.79 Å². The van der Waals surface area contributed by atoms with Crippen molar-refractivity contribution in [2.24, 2.45) is 0 Å². The smallest absolute Gasteiger partial charge is 0.258 e. The monoisotopic (exact) mass is 282 g/mol. The topological polar surface area (TPSA) is 42.0 Å². The molecule has 19 heavy (non-hydrogen) atoms. The van der Waals surface area contributed by atoms with Gasteiger partial charge < -0.3 is 5.32 Å². The average molecular weight is 283 g/mol. The zero-order chi connectivity index (χ0) is 14.0. The highest BCUT2D eigenvalue weighted by Crippen LogP contribution is 2.23. The van der Waals surface area contributed by atoms with Crippen molar-refractivity contribution >= 4 is 23.2 Å². The summed E-state index contributed by atoms with van der Waals surface area (Å²) in [6.07, 6.45) is 1.02. The highest BCUT2D eigenvalue weighted by Gasteiger charge is 2.17. The zero-order valence-corrected chi connectivity index (χ0v) is 10.6. The maximum absolute atomic E-state index is 13.4. The van der Waals surface area contributed by atoms with E-state index in [4.69, 9.17) is 11.6 Å². The molecule has 0 bridgehead atoms. The van der Waals surface area contributed by atoms with Crippen molar-refractivity contribution in [3.8, 4) is 0 Å². The number of hydrogen-bond donors (Lipinski definition) is 1. The SMILES string of the molecule is Cc1ccc(Cl)c(NC(=O)c2ccnc(F)c2F)c1. The number of aromatic nitrogens is 1. The lowest BCUT2D eigenvalue weighted by molar-refractivity contribution is 0.102. The summed E-state index contributed by atoms with van der Waals surface area (Å²) in [6, 6.07) is 6.10. The predicted molar refractivity (Wildman–Crippen MR) is 68.3 cm³/mol. The number of carbonyl (C=O) groups is 1. The molecule has 1 heterocycles. The van der Waals surface area contributed by atoms with Crippen LogP contribution in [0.1, 0.15) is 15.9 Å². The second-order valence-corrected chi connectivity index (χ2v) is 4.31. The first-order valence-electron chi connectivity index (χ1n) is 5.36. The van der Waals surface area contributed by atoms with E-state index < -0.39 is 23.2 Å². The number of anilines is 1. The minimum Gasteiger partial charge on any atom is -0.321 e. The molecule has 0 saturated heterocycles. The van der Waals surface area contributed by atoms with Crippen LogP contribution in [0.3, 0.4) is 0 Å². The van der Waals surface area contributed by atoms with E-state index in [0.29, 0.717) is 10.7 Å². The van der Waals surface area contributed by atoms with Gasteiger partial charge in [-0.2, -0.15) is 4.39 Å². The number of hydrogen-bond acceptors (Lipinski definition) is 2. The zero-order valence-electron chi connectivity index (χ0n) is 9.88. The van der Waals surface area contributed by atoms with Crippen LogP contribution in [0.2, 0.25) is 5.02 Å². The Hall–Kier alpha value is -2.01. The van der Waals surface area contributed by atoms with E-state index in [1.165, 1.54) is 0 Å². The molecule has 0 spiro atoms. The Morgan fingerprint density at radius 3 is 2.79 bits per heavy atom. The number of rotatable bonds is 2. The van der Waals surface area contributed by atoms with Crippen molar-refractivity contribution in [1.29, 1.82) is 0 Å². The van der Waals surface area contributed by atoms with E-state index >= 15 is 0 Å². The number of halogens is 3. The first-order chi connectivity index (χ1) is 8.99. The Morgan fingerprint density at radius 1 is 1.32 bits per heavy atom. The van der Waals surface area contributed by atoms with Crippen molar-refractivity contribution in [1.82, 2.24) is 4.98 Å². The lowest BCUT2D eigenvalue weighted by atomic mass is 10.2. The normalized spacial score (nSPS) is 10.3. The molecule has 0 fully saturated rings. The fourth-order valence-corrected chi connectivity index (χ4v) is 1.68. The summed E-state index contributed by atoms with van der Waals surface area (Å²) in [4.78, 5) is 15.0. The molecule has 6 heteroatoms. The second kappa shape index (κ2) is 5.32. The summed E-state index contributed by atoms with van der Waals surface area (Å²) < 4.78 is 26.3. The van der Waals surface area contributed by atoms with Gasteiger partial charge in [0.15, 0.2) is 5.82 Å². The number of nitrogens with zero attached hydrogens (tertiary/aromatic N) is 1. The maximum Gasteiger partial charge on any atom is 0.258 e. The second-order valence-electron chi connectivity index (χ2n) is 3.90. The maximum atomic E-state index is 13.4. The van der Waals surface area contributed by atoms with Crippen LogP contribution in [0, 0.1) is 18.7 Å². The van der Waals surface area contributed by atoms with Gasteiger partial charge in [0.2, 0.25) is 5.95 Å². The summed E-state index contributed by atoms with van der Waals surface area (Å²) in [5, 5.41) is 2.74. The lowest BCUT2D eigenvalue weighted by Crippen LogP contribution is -2.15. The third kappa shape index (κ3) is 2.88. The van der Waals surface area contributed by atoms with Crippen molar-refractivity contribution in [2.45, 2.75) is 6.92 Å². The van der Waals surface area contributed by atoms with E-state index in [1.54, 1.807) is 18.2 Å². The summed E-state index contributed by atoms with van der Waals surface area (Å²) in [7, 11) is 0. The number of benzene rings is 1. The molecule has 0 aliphatic heterocycles. The van der Waals surface area contributed by atoms with Gasteiger partial charge in [-0.15, -0.1) is 0 Å². The van der Waals surface area contributed by atoms with Crippen molar-refractivity contribution in [2.75, 3.05) is 5.32 Å². The molecular formula is C13H9ClF2N2O.